The molecule has 0 spiro atoms. The lowest BCUT2D eigenvalue weighted by atomic mass is 9.70. The van der Waals surface area contributed by atoms with Gasteiger partial charge in [0.15, 0.2) is 0 Å². The van der Waals surface area contributed by atoms with Crippen LogP contribution < -0.4 is 0 Å². The summed E-state index contributed by atoms with van der Waals surface area (Å²) in [6.45, 7) is 11.1. The van der Waals surface area contributed by atoms with E-state index in [0.29, 0.717) is 12.1 Å². The van der Waals surface area contributed by atoms with E-state index in [1.165, 1.54) is 35.1 Å². The molecule has 1 saturated carbocycles. The molecule has 0 amide bonds. The van der Waals surface area contributed by atoms with Gasteiger partial charge in [-0.3, -0.25) is 0 Å². The fourth-order valence-corrected chi connectivity index (χ4v) is 10.6. The van der Waals surface area contributed by atoms with E-state index < -0.39 is 8.10 Å². The van der Waals surface area contributed by atoms with Gasteiger partial charge in [0, 0.05) is 11.8 Å². The van der Waals surface area contributed by atoms with Gasteiger partial charge in [0.05, 0.1) is 25.2 Å². The quantitative estimate of drug-likeness (QED) is 0.169. The second-order valence-corrected chi connectivity index (χ2v) is 15.9. The van der Waals surface area contributed by atoms with Gasteiger partial charge in [0.1, 0.15) is 0 Å². The normalized spacial score (nSPS) is 19.9. The van der Waals surface area contributed by atoms with E-state index in [9.17, 15) is 4.57 Å². The minimum Gasteiger partial charge on any atom is -0.0736 e. The number of hydrogen-bond donors (Lipinski definition) is 0. The van der Waals surface area contributed by atoms with Gasteiger partial charge >= 0.3 is 8.10 Å². The lowest BCUT2D eigenvalue weighted by Gasteiger charge is -2.38. The van der Waals surface area contributed by atoms with E-state index in [2.05, 4.69) is 158 Å². The third-order valence-corrected chi connectivity index (χ3v) is 11.9. The highest BCUT2D eigenvalue weighted by Crippen LogP contribution is 2.55. The predicted molar refractivity (Wildman–Crippen MR) is 184 cm³/mol. The van der Waals surface area contributed by atoms with Crippen LogP contribution in [0.25, 0.3) is 0 Å². The topological polar surface area (TPSA) is 23.6 Å². The van der Waals surface area contributed by atoms with Gasteiger partial charge in [0.25, 0.3) is 0 Å². The Kier molecular flexibility index (Phi) is 9.20. The summed E-state index contributed by atoms with van der Waals surface area (Å²) in [5.74, 6) is 0.419. The largest absolute Gasteiger partial charge is 0.538 e. The zero-order valence-corrected chi connectivity index (χ0v) is 27.7. The molecule has 4 heteroatoms. The van der Waals surface area contributed by atoms with Crippen molar-refractivity contribution in [3.63, 3.8) is 0 Å². The second-order valence-electron chi connectivity index (χ2n) is 14.4. The summed E-state index contributed by atoms with van der Waals surface area (Å²) in [5, 5.41) is 0. The smallest absolute Gasteiger partial charge is 0.0736 e. The number of rotatable bonds is 10. The summed E-state index contributed by atoms with van der Waals surface area (Å²) in [4.78, 5) is 0. The van der Waals surface area contributed by atoms with Gasteiger partial charge in [-0.15, -0.1) is 0 Å². The number of nitrogens with zero attached hydrogens (tertiary/aromatic N) is 2. The van der Waals surface area contributed by atoms with Crippen LogP contribution in [-0.4, -0.2) is 34.5 Å². The number of benzene rings is 4. The third-order valence-electron chi connectivity index (χ3n) is 10.1. The van der Waals surface area contributed by atoms with E-state index in [4.69, 9.17) is 0 Å². The molecule has 1 aliphatic heterocycles. The Balaban J connectivity index is 1.32. The molecule has 3 nitrogen and oxygen atoms in total. The van der Waals surface area contributed by atoms with Gasteiger partial charge < -0.3 is 0 Å². The minimum atomic E-state index is -1.68. The molecule has 44 heavy (non-hydrogen) atoms. The van der Waals surface area contributed by atoms with Crippen LogP contribution in [0.5, 0.6) is 0 Å². The molecule has 6 rings (SSSR count). The van der Waals surface area contributed by atoms with Crippen molar-refractivity contribution < 1.29 is 4.57 Å². The van der Waals surface area contributed by atoms with Crippen molar-refractivity contribution in [1.82, 2.24) is 9.34 Å². The maximum atomic E-state index is 14.8. The standard InChI is InChI=1S/C40H48N2OP/c1-39(2,37(31-19-9-5-10-20-31)32-21-11-6-12-22-32)29-41-35-27-17-18-28-36(35)42(44(41)43)30-40(3,4)38(33-23-13-7-14-24-33)34-25-15-8-16-26-34/h5-16,19-26,35-38H,17-18,27-30H2,1-4H3/q+1/t35-,36-/m1/s1. The number of hydrogen-bond acceptors (Lipinski definition) is 1. The molecular formula is C40H48N2OP+. The van der Waals surface area contributed by atoms with Crippen molar-refractivity contribution in [3.05, 3.63) is 144 Å². The monoisotopic (exact) mass is 603 g/mol. The highest BCUT2D eigenvalue weighted by molar-refractivity contribution is 7.39. The summed E-state index contributed by atoms with van der Waals surface area (Å²) in [5.41, 5.74) is 5.04. The molecule has 4 aromatic rings. The Morgan fingerprint density at radius 1 is 0.545 bits per heavy atom. The first-order valence-electron chi connectivity index (χ1n) is 16.5. The summed E-state index contributed by atoms with van der Waals surface area (Å²) < 4.78 is 19.7. The fourth-order valence-electron chi connectivity index (χ4n) is 8.33. The Bertz CT molecular complexity index is 1310. The van der Waals surface area contributed by atoms with Crippen molar-refractivity contribution >= 4 is 8.10 Å². The van der Waals surface area contributed by atoms with Gasteiger partial charge in [-0.1, -0.05) is 171 Å². The van der Waals surface area contributed by atoms with Crippen LogP contribution in [0.15, 0.2) is 121 Å². The van der Waals surface area contributed by atoms with Crippen molar-refractivity contribution in [2.45, 2.75) is 77.3 Å². The predicted octanol–water partition coefficient (Wildman–Crippen LogP) is 10.3. The van der Waals surface area contributed by atoms with Crippen LogP contribution in [0.3, 0.4) is 0 Å². The lowest BCUT2D eigenvalue weighted by Crippen LogP contribution is -2.45. The van der Waals surface area contributed by atoms with Crippen LogP contribution in [0, 0.1) is 10.8 Å². The molecule has 1 saturated heterocycles. The maximum Gasteiger partial charge on any atom is 0.538 e. The van der Waals surface area contributed by atoms with Gasteiger partial charge in [-0.25, -0.2) is 0 Å². The van der Waals surface area contributed by atoms with Crippen LogP contribution in [0.1, 0.15) is 87.5 Å². The second kappa shape index (κ2) is 13.1. The van der Waals surface area contributed by atoms with Gasteiger partial charge in [-0.05, 0) is 50.5 Å². The lowest BCUT2D eigenvalue weighted by molar-refractivity contribution is 0.141. The number of fused-ring (bicyclic) bond motifs is 1. The molecular weight excluding hydrogens is 555 g/mol. The van der Waals surface area contributed by atoms with Gasteiger partial charge in [-0.2, -0.15) is 0 Å². The van der Waals surface area contributed by atoms with Crippen molar-refractivity contribution in [2.24, 2.45) is 10.8 Å². The maximum absolute atomic E-state index is 14.8. The average Bonchev–Trinajstić information content (AvgIpc) is 3.28. The Morgan fingerprint density at radius 3 is 1.09 bits per heavy atom. The molecule has 4 aromatic carbocycles. The average molecular weight is 604 g/mol. The van der Waals surface area contributed by atoms with Crippen molar-refractivity contribution in [2.75, 3.05) is 13.1 Å². The zero-order chi connectivity index (χ0) is 30.7. The summed E-state index contributed by atoms with van der Waals surface area (Å²) in [6, 6.07) is 44.3. The molecule has 1 heterocycles. The summed E-state index contributed by atoms with van der Waals surface area (Å²) in [6.07, 6.45) is 4.69. The SMILES string of the molecule is CC(C)(CN1[C@@H]2CCCC[C@H]2N(CC(C)(C)C(c2ccccc2)c2ccccc2)[P+]1=O)C(c1ccccc1)c1ccccc1. The molecule has 0 aromatic heterocycles. The fraction of sp³-hybridized carbons (Fsp3) is 0.400. The Morgan fingerprint density at radius 2 is 0.818 bits per heavy atom. The molecule has 228 valence electrons. The zero-order valence-electron chi connectivity index (χ0n) is 26.8. The molecule has 0 unspecified atom stereocenters. The molecule has 0 bridgehead atoms. The Hall–Kier alpha value is -3.10. The highest BCUT2D eigenvalue weighted by Gasteiger charge is 2.60. The Labute approximate surface area is 266 Å². The molecule has 1 aliphatic carbocycles. The minimum absolute atomic E-state index is 0.127. The van der Waals surface area contributed by atoms with Crippen LogP contribution in [0.4, 0.5) is 0 Å². The first-order chi connectivity index (χ1) is 21.3. The van der Waals surface area contributed by atoms with E-state index in [1.54, 1.807) is 0 Å². The first-order valence-corrected chi connectivity index (χ1v) is 17.6. The molecule has 2 aliphatic rings. The van der Waals surface area contributed by atoms with Crippen molar-refractivity contribution in [3.8, 4) is 0 Å². The van der Waals surface area contributed by atoms with E-state index in [0.717, 1.165) is 25.9 Å². The van der Waals surface area contributed by atoms with Gasteiger partial charge in [0.2, 0.25) is 0 Å². The van der Waals surface area contributed by atoms with Crippen LogP contribution in [-0.2, 0) is 4.57 Å². The van der Waals surface area contributed by atoms with E-state index >= 15 is 0 Å². The van der Waals surface area contributed by atoms with E-state index in [-0.39, 0.29) is 22.7 Å². The molecule has 2 atom stereocenters. The van der Waals surface area contributed by atoms with Crippen LogP contribution >= 0.6 is 8.10 Å². The first kappa shape index (κ1) is 30.9. The molecule has 0 radical (unpaired) electrons. The van der Waals surface area contributed by atoms with E-state index in [1.807, 2.05) is 0 Å². The molecule has 2 fully saturated rings. The summed E-state index contributed by atoms with van der Waals surface area (Å²) >= 11 is 0. The summed E-state index contributed by atoms with van der Waals surface area (Å²) in [7, 11) is -1.68. The highest BCUT2D eigenvalue weighted by atomic mass is 31.1. The van der Waals surface area contributed by atoms with Crippen molar-refractivity contribution in [1.29, 1.82) is 0 Å². The van der Waals surface area contributed by atoms with Crippen LogP contribution in [0.2, 0.25) is 0 Å². The third kappa shape index (κ3) is 6.34. The molecule has 0 N–H and O–H groups in total.